The van der Waals surface area contributed by atoms with Gasteiger partial charge in [0, 0.05) is 25.7 Å². The van der Waals surface area contributed by atoms with E-state index in [4.69, 9.17) is 4.74 Å². The molecule has 1 N–H and O–H groups in total. The molecule has 0 saturated carbocycles. The average Bonchev–Trinajstić information content (AvgIpc) is 2.27. The molecule has 2 unspecified atom stereocenters. The van der Waals surface area contributed by atoms with E-state index in [9.17, 15) is 0 Å². The van der Waals surface area contributed by atoms with Gasteiger partial charge in [0.25, 0.3) is 0 Å². The van der Waals surface area contributed by atoms with Crippen molar-refractivity contribution in [1.29, 1.82) is 0 Å². The lowest BCUT2D eigenvalue weighted by Gasteiger charge is -2.40. The Bertz CT molecular complexity index is 206. The first kappa shape index (κ1) is 13.9. The van der Waals surface area contributed by atoms with Crippen LogP contribution in [-0.4, -0.2) is 50.3 Å². The topological polar surface area (TPSA) is 24.5 Å². The Morgan fingerprint density at radius 1 is 1.50 bits per heavy atom. The lowest BCUT2D eigenvalue weighted by Crippen LogP contribution is -2.50. The van der Waals surface area contributed by atoms with Crippen LogP contribution >= 0.6 is 0 Å². The fourth-order valence-corrected chi connectivity index (χ4v) is 2.27. The second-order valence-electron chi connectivity index (χ2n) is 5.64. The number of nitrogens with zero attached hydrogens (tertiary/aromatic N) is 1. The number of nitrogens with one attached hydrogen (secondary N) is 1. The first-order valence-electron chi connectivity index (χ1n) is 6.50. The maximum Gasteiger partial charge on any atom is 0.0700 e. The van der Waals surface area contributed by atoms with E-state index >= 15 is 0 Å². The molecular weight excluding hydrogens is 200 g/mol. The van der Waals surface area contributed by atoms with E-state index in [0.29, 0.717) is 17.6 Å². The van der Waals surface area contributed by atoms with Gasteiger partial charge in [-0.15, -0.1) is 0 Å². The van der Waals surface area contributed by atoms with E-state index in [-0.39, 0.29) is 0 Å². The zero-order valence-corrected chi connectivity index (χ0v) is 11.5. The fraction of sp³-hybridized carbons (Fsp3) is 1.00. The van der Waals surface area contributed by atoms with Crippen LogP contribution in [0.2, 0.25) is 0 Å². The smallest absolute Gasteiger partial charge is 0.0700 e. The fourth-order valence-electron chi connectivity index (χ4n) is 2.27. The molecule has 16 heavy (non-hydrogen) atoms. The van der Waals surface area contributed by atoms with Crippen LogP contribution in [0.15, 0.2) is 0 Å². The van der Waals surface area contributed by atoms with Crippen molar-refractivity contribution in [3.63, 3.8) is 0 Å². The van der Waals surface area contributed by atoms with E-state index in [1.165, 1.54) is 0 Å². The number of rotatable bonds is 5. The largest absolute Gasteiger partial charge is 0.376 e. The van der Waals surface area contributed by atoms with E-state index < -0.39 is 0 Å². The molecule has 0 bridgehead atoms. The van der Waals surface area contributed by atoms with Gasteiger partial charge in [0.15, 0.2) is 0 Å². The lowest BCUT2D eigenvalue weighted by molar-refractivity contribution is -0.0419. The highest BCUT2D eigenvalue weighted by Crippen LogP contribution is 2.23. The summed E-state index contributed by atoms with van der Waals surface area (Å²) in [7, 11) is 2.04. The molecule has 1 heterocycles. The normalized spacial score (nSPS) is 25.7. The van der Waals surface area contributed by atoms with Gasteiger partial charge in [-0.25, -0.2) is 0 Å². The molecule has 3 heteroatoms. The maximum atomic E-state index is 5.70. The van der Waals surface area contributed by atoms with Gasteiger partial charge >= 0.3 is 0 Å². The Hall–Kier alpha value is -0.120. The van der Waals surface area contributed by atoms with Crippen molar-refractivity contribution in [2.24, 2.45) is 5.41 Å². The highest BCUT2D eigenvalue weighted by atomic mass is 16.5. The lowest BCUT2D eigenvalue weighted by atomic mass is 9.84. The molecule has 1 saturated heterocycles. The summed E-state index contributed by atoms with van der Waals surface area (Å²) in [5.74, 6) is 0. The van der Waals surface area contributed by atoms with Gasteiger partial charge in [-0.05, 0) is 25.8 Å². The molecular formula is C13H28N2O. The first-order valence-corrected chi connectivity index (χ1v) is 6.50. The average molecular weight is 228 g/mol. The maximum absolute atomic E-state index is 5.70. The van der Waals surface area contributed by atoms with Gasteiger partial charge in [0.1, 0.15) is 0 Å². The molecule has 3 nitrogen and oxygen atoms in total. The van der Waals surface area contributed by atoms with Crippen LogP contribution in [0.1, 0.15) is 34.1 Å². The van der Waals surface area contributed by atoms with Crippen LogP contribution in [0.3, 0.4) is 0 Å². The summed E-state index contributed by atoms with van der Waals surface area (Å²) in [6, 6.07) is 0.537. The van der Waals surface area contributed by atoms with E-state index in [2.05, 4.69) is 37.9 Å². The molecule has 0 radical (unpaired) electrons. The van der Waals surface area contributed by atoms with Crippen molar-refractivity contribution in [2.75, 3.05) is 33.3 Å². The molecule has 1 rings (SSSR count). The van der Waals surface area contributed by atoms with Gasteiger partial charge in [-0.1, -0.05) is 20.8 Å². The number of morpholine rings is 1. The Morgan fingerprint density at radius 3 is 2.75 bits per heavy atom. The van der Waals surface area contributed by atoms with Gasteiger partial charge in [-0.2, -0.15) is 0 Å². The van der Waals surface area contributed by atoms with Crippen molar-refractivity contribution in [3.05, 3.63) is 0 Å². The number of hydrogen-bond donors (Lipinski definition) is 1. The summed E-state index contributed by atoms with van der Waals surface area (Å²) < 4.78 is 5.70. The monoisotopic (exact) mass is 228 g/mol. The van der Waals surface area contributed by atoms with Crippen LogP contribution in [0, 0.1) is 5.41 Å². The van der Waals surface area contributed by atoms with Crippen molar-refractivity contribution < 1.29 is 4.74 Å². The Morgan fingerprint density at radius 2 is 2.19 bits per heavy atom. The predicted molar refractivity (Wildman–Crippen MR) is 68.8 cm³/mol. The highest BCUT2D eigenvalue weighted by Gasteiger charge is 2.29. The van der Waals surface area contributed by atoms with Crippen LogP contribution in [0.25, 0.3) is 0 Å². The zero-order valence-electron chi connectivity index (χ0n) is 11.5. The van der Waals surface area contributed by atoms with E-state index in [1.54, 1.807) is 0 Å². The summed E-state index contributed by atoms with van der Waals surface area (Å²) in [6.07, 6.45) is 1.56. The van der Waals surface area contributed by atoms with Crippen molar-refractivity contribution >= 4 is 0 Å². The van der Waals surface area contributed by atoms with E-state index in [1.807, 2.05) is 7.05 Å². The molecule has 1 aliphatic heterocycles. The molecule has 1 fully saturated rings. The van der Waals surface area contributed by atoms with Gasteiger partial charge in [-0.3, -0.25) is 4.90 Å². The standard InChI is InChI=1S/C13H28N2O/c1-6-12-9-15(7-8-16-12)10-13(3,4)11(2)14-5/h11-12,14H,6-10H2,1-5H3. The van der Waals surface area contributed by atoms with Crippen molar-refractivity contribution in [2.45, 2.75) is 46.3 Å². The molecule has 0 spiro atoms. The number of ether oxygens (including phenoxy) is 1. The van der Waals surface area contributed by atoms with Crippen LogP contribution in [0.4, 0.5) is 0 Å². The minimum absolute atomic E-state index is 0.310. The van der Waals surface area contributed by atoms with E-state index in [0.717, 1.165) is 32.7 Å². The molecule has 1 aliphatic rings. The third-order valence-electron chi connectivity index (χ3n) is 3.91. The molecule has 0 aromatic carbocycles. The third-order valence-corrected chi connectivity index (χ3v) is 3.91. The summed E-state index contributed by atoms with van der Waals surface area (Å²) >= 11 is 0. The highest BCUT2D eigenvalue weighted by molar-refractivity contribution is 4.84. The van der Waals surface area contributed by atoms with Gasteiger partial charge in [0.05, 0.1) is 12.7 Å². The minimum atomic E-state index is 0.310. The SMILES string of the molecule is CCC1CN(CC(C)(C)C(C)NC)CCO1. The second-order valence-corrected chi connectivity index (χ2v) is 5.64. The minimum Gasteiger partial charge on any atom is -0.376 e. The molecule has 0 aliphatic carbocycles. The summed E-state index contributed by atoms with van der Waals surface area (Å²) in [5.41, 5.74) is 0.310. The van der Waals surface area contributed by atoms with Crippen LogP contribution in [0.5, 0.6) is 0 Å². The van der Waals surface area contributed by atoms with Gasteiger partial charge < -0.3 is 10.1 Å². The first-order chi connectivity index (χ1) is 7.49. The van der Waals surface area contributed by atoms with Crippen LogP contribution in [-0.2, 0) is 4.74 Å². The van der Waals surface area contributed by atoms with Crippen molar-refractivity contribution in [3.8, 4) is 0 Å². The second kappa shape index (κ2) is 5.99. The molecule has 0 aromatic heterocycles. The number of hydrogen-bond acceptors (Lipinski definition) is 3. The summed E-state index contributed by atoms with van der Waals surface area (Å²) in [6.45, 7) is 13.4. The van der Waals surface area contributed by atoms with Gasteiger partial charge in [0.2, 0.25) is 0 Å². The molecule has 0 aromatic rings. The molecule has 2 atom stereocenters. The Kier molecular flexibility index (Phi) is 5.22. The molecule has 0 amide bonds. The summed E-state index contributed by atoms with van der Waals surface area (Å²) in [4.78, 5) is 2.55. The zero-order chi connectivity index (χ0) is 12.2. The Balaban J connectivity index is 2.46. The predicted octanol–water partition coefficient (Wildman–Crippen LogP) is 1.73. The van der Waals surface area contributed by atoms with Crippen molar-refractivity contribution in [1.82, 2.24) is 10.2 Å². The Labute approximate surface area is 101 Å². The van der Waals surface area contributed by atoms with Crippen LogP contribution < -0.4 is 5.32 Å². The molecule has 96 valence electrons. The summed E-state index contributed by atoms with van der Waals surface area (Å²) in [5, 5.41) is 3.36. The quantitative estimate of drug-likeness (QED) is 0.775. The third kappa shape index (κ3) is 3.72.